The lowest BCUT2D eigenvalue weighted by atomic mass is 10.1. The highest BCUT2D eigenvalue weighted by Gasteiger charge is 2.24. The predicted octanol–water partition coefficient (Wildman–Crippen LogP) is 2.20. The Kier molecular flexibility index (Phi) is 4.94. The lowest BCUT2D eigenvalue weighted by Crippen LogP contribution is -2.49. The van der Waals surface area contributed by atoms with Crippen LogP contribution in [-0.4, -0.2) is 47.1 Å². The molecule has 0 aromatic rings. The fourth-order valence-electron chi connectivity index (χ4n) is 1.89. The number of nitrogens with zero attached hydrogens (tertiary/aromatic N) is 1. The van der Waals surface area contributed by atoms with Gasteiger partial charge < -0.3 is 5.32 Å². The molecule has 2 atom stereocenters. The molecule has 15 heavy (non-hydrogen) atoms. The smallest absolute Gasteiger partial charge is 0.0184 e. The number of thioether (sulfide) groups is 1. The number of hydrogen-bond acceptors (Lipinski definition) is 3. The van der Waals surface area contributed by atoms with Gasteiger partial charge in [0.2, 0.25) is 0 Å². The molecule has 0 amide bonds. The first-order valence-electron chi connectivity index (χ1n) is 6.01. The van der Waals surface area contributed by atoms with Crippen LogP contribution >= 0.6 is 11.8 Å². The summed E-state index contributed by atoms with van der Waals surface area (Å²) in [6.45, 7) is 14.9. The van der Waals surface area contributed by atoms with Crippen molar-refractivity contribution in [3.8, 4) is 0 Å². The number of nitrogens with one attached hydrogen (secondary N) is 1. The van der Waals surface area contributed by atoms with Crippen LogP contribution in [0.3, 0.4) is 0 Å². The van der Waals surface area contributed by atoms with Gasteiger partial charge in [0.05, 0.1) is 0 Å². The zero-order chi connectivity index (χ0) is 11.5. The largest absolute Gasteiger partial charge is 0.311 e. The van der Waals surface area contributed by atoms with Crippen LogP contribution in [0.15, 0.2) is 0 Å². The van der Waals surface area contributed by atoms with Crippen molar-refractivity contribution in [2.45, 2.75) is 51.4 Å². The third-order valence-corrected chi connectivity index (χ3v) is 4.41. The summed E-state index contributed by atoms with van der Waals surface area (Å²) >= 11 is 2.11. The average molecular weight is 230 g/mol. The summed E-state index contributed by atoms with van der Waals surface area (Å²) in [6.07, 6.45) is 0. The number of rotatable bonds is 3. The topological polar surface area (TPSA) is 15.3 Å². The van der Waals surface area contributed by atoms with Gasteiger partial charge in [-0.1, -0.05) is 6.92 Å². The van der Waals surface area contributed by atoms with Crippen LogP contribution in [0.5, 0.6) is 0 Å². The molecule has 1 aliphatic rings. The molecule has 1 N–H and O–H groups in total. The fraction of sp³-hybridized carbons (Fsp3) is 1.00. The monoisotopic (exact) mass is 230 g/mol. The highest BCUT2D eigenvalue weighted by atomic mass is 32.2. The Balaban J connectivity index is 2.26. The summed E-state index contributed by atoms with van der Waals surface area (Å²) in [6, 6.07) is 0.727. The van der Waals surface area contributed by atoms with Gasteiger partial charge in [0.25, 0.3) is 0 Å². The van der Waals surface area contributed by atoms with Gasteiger partial charge in [-0.15, -0.1) is 0 Å². The molecular weight excluding hydrogens is 204 g/mol. The summed E-state index contributed by atoms with van der Waals surface area (Å²) in [5.74, 6) is 1.29. The lowest BCUT2D eigenvalue weighted by Gasteiger charge is -2.38. The summed E-state index contributed by atoms with van der Waals surface area (Å²) in [4.78, 5) is 2.61. The molecule has 1 rings (SSSR count). The van der Waals surface area contributed by atoms with E-state index in [2.05, 4.69) is 56.6 Å². The molecule has 2 unspecified atom stereocenters. The van der Waals surface area contributed by atoms with Crippen molar-refractivity contribution in [1.29, 1.82) is 0 Å². The zero-order valence-corrected chi connectivity index (χ0v) is 11.7. The average Bonchev–Trinajstić information content (AvgIpc) is 2.10. The standard InChI is InChI=1S/C12H26N2S/c1-10-11(2)15-9-8-14(10)7-6-13-12(3,4)5/h10-11,13H,6-9H2,1-5H3. The summed E-state index contributed by atoms with van der Waals surface area (Å²) in [5.41, 5.74) is 0.249. The first-order valence-corrected chi connectivity index (χ1v) is 7.06. The Labute approximate surface area is 99.2 Å². The fourth-order valence-corrected chi connectivity index (χ4v) is 3.05. The van der Waals surface area contributed by atoms with Gasteiger partial charge in [0, 0.05) is 42.2 Å². The normalized spacial score (nSPS) is 29.4. The molecule has 0 spiro atoms. The van der Waals surface area contributed by atoms with Gasteiger partial charge in [0.15, 0.2) is 0 Å². The van der Waals surface area contributed by atoms with Gasteiger partial charge in [-0.05, 0) is 27.7 Å². The second-order valence-corrected chi connectivity index (χ2v) is 7.01. The quantitative estimate of drug-likeness (QED) is 0.800. The molecule has 2 nitrogen and oxygen atoms in total. The van der Waals surface area contributed by atoms with Gasteiger partial charge in [-0.25, -0.2) is 0 Å². The van der Waals surface area contributed by atoms with E-state index >= 15 is 0 Å². The van der Waals surface area contributed by atoms with E-state index in [-0.39, 0.29) is 5.54 Å². The molecule has 1 aliphatic heterocycles. The molecule has 1 fully saturated rings. The molecule has 1 saturated heterocycles. The maximum atomic E-state index is 3.56. The number of hydrogen-bond donors (Lipinski definition) is 1. The van der Waals surface area contributed by atoms with Gasteiger partial charge >= 0.3 is 0 Å². The van der Waals surface area contributed by atoms with Crippen molar-refractivity contribution in [1.82, 2.24) is 10.2 Å². The first-order chi connectivity index (χ1) is 6.90. The Bertz CT molecular complexity index is 189. The van der Waals surface area contributed by atoms with Crippen molar-refractivity contribution in [3.63, 3.8) is 0 Å². The van der Waals surface area contributed by atoms with Crippen LogP contribution in [0, 0.1) is 0 Å². The van der Waals surface area contributed by atoms with Crippen molar-refractivity contribution >= 4 is 11.8 Å². The van der Waals surface area contributed by atoms with E-state index in [4.69, 9.17) is 0 Å². The van der Waals surface area contributed by atoms with Gasteiger partial charge in [0.1, 0.15) is 0 Å². The van der Waals surface area contributed by atoms with Crippen LogP contribution in [0.2, 0.25) is 0 Å². The van der Waals surface area contributed by atoms with Crippen LogP contribution in [0.25, 0.3) is 0 Å². The molecule has 0 saturated carbocycles. The molecular formula is C12H26N2S. The predicted molar refractivity (Wildman–Crippen MR) is 70.7 cm³/mol. The maximum Gasteiger partial charge on any atom is 0.0184 e. The van der Waals surface area contributed by atoms with Crippen molar-refractivity contribution in [2.24, 2.45) is 0 Å². The Morgan fingerprint density at radius 1 is 1.33 bits per heavy atom. The summed E-state index contributed by atoms with van der Waals surface area (Å²) < 4.78 is 0. The molecule has 0 radical (unpaired) electrons. The third-order valence-electron chi connectivity index (χ3n) is 3.07. The zero-order valence-electron chi connectivity index (χ0n) is 10.8. The Morgan fingerprint density at radius 3 is 2.60 bits per heavy atom. The van der Waals surface area contributed by atoms with Crippen molar-refractivity contribution in [3.05, 3.63) is 0 Å². The second kappa shape index (κ2) is 5.55. The molecule has 0 aromatic carbocycles. The van der Waals surface area contributed by atoms with E-state index in [1.165, 1.54) is 18.8 Å². The third kappa shape index (κ3) is 4.75. The highest BCUT2D eigenvalue weighted by Crippen LogP contribution is 2.23. The minimum absolute atomic E-state index is 0.249. The molecule has 0 aliphatic carbocycles. The van der Waals surface area contributed by atoms with E-state index < -0.39 is 0 Å². The Hall–Kier alpha value is 0.270. The SMILES string of the molecule is CC1SCCN(CCNC(C)(C)C)C1C. The van der Waals surface area contributed by atoms with E-state index in [9.17, 15) is 0 Å². The van der Waals surface area contributed by atoms with Crippen LogP contribution in [-0.2, 0) is 0 Å². The molecule has 90 valence electrons. The van der Waals surface area contributed by atoms with E-state index in [0.29, 0.717) is 0 Å². The summed E-state index contributed by atoms with van der Waals surface area (Å²) in [5, 5.41) is 4.34. The first kappa shape index (κ1) is 13.3. The highest BCUT2D eigenvalue weighted by molar-refractivity contribution is 8.00. The van der Waals surface area contributed by atoms with Gasteiger partial charge in [-0.2, -0.15) is 11.8 Å². The van der Waals surface area contributed by atoms with Crippen molar-refractivity contribution in [2.75, 3.05) is 25.4 Å². The minimum atomic E-state index is 0.249. The maximum absolute atomic E-state index is 3.56. The molecule has 1 heterocycles. The van der Waals surface area contributed by atoms with Crippen LogP contribution < -0.4 is 5.32 Å². The minimum Gasteiger partial charge on any atom is -0.311 e. The molecule has 3 heteroatoms. The van der Waals surface area contributed by atoms with Gasteiger partial charge in [-0.3, -0.25) is 4.90 Å². The van der Waals surface area contributed by atoms with E-state index in [0.717, 1.165) is 17.8 Å². The second-order valence-electron chi connectivity index (χ2n) is 5.53. The Morgan fingerprint density at radius 2 is 2.00 bits per heavy atom. The molecule has 0 bridgehead atoms. The van der Waals surface area contributed by atoms with E-state index in [1.807, 2.05) is 0 Å². The summed E-state index contributed by atoms with van der Waals surface area (Å²) in [7, 11) is 0. The van der Waals surface area contributed by atoms with Crippen LogP contribution in [0.1, 0.15) is 34.6 Å². The van der Waals surface area contributed by atoms with E-state index in [1.54, 1.807) is 0 Å². The van der Waals surface area contributed by atoms with Crippen molar-refractivity contribution < 1.29 is 0 Å². The van der Waals surface area contributed by atoms with Crippen LogP contribution in [0.4, 0.5) is 0 Å². The molecule has 0 aromatic heterocycles. The lowest BCUT2D eigenvalue weighted by molar-refractivity contribution is 0.207.